The number of fused-ring (bicyclic) bond motifs is 1. The normalized spacial score (nSPS) is 27.9. The Hall–Kier alpha value is -0.830. The van der Waals surface area contributed by atoms with E-state index in [1.807, 2.05) is 0 Å². The first kappa shape index (κ1) is 10.3. The van der Waals surface area contributed by atoms with E-state index in [9.17, 15) is 4.79 Å². The third kappa shape index (κ3) is 1.67. The van der Waals surface area contributed by atoms with Crippen LogP contribution in [-0.2, 0) is 17.6 Å². The van der Waals surface area contributed by atoms with E-state index in [0.717, 1.165) is 30.3 Å². The number of benzene rings is 1. The number of amides is 1. The van der Waals surface area contributed by atoms with Gasteiger partial charge < -0.3 is 5.32 Å². The Morgan fingerprint density at radius 3 is 2.88 bits per heavy atom. The first-order valence-corrected chi connectivity index (χ1v) is 6.50. The van der Waals surface area contributed by atoms with Crippen LogP contribution in [-0.4, -0.2) is 12.5 Å². The molecule has 16 heavy (non-hydrogen) atoms. The molecule has 1 N–H and O–H groups in total. The van der Waals surface area contributed by atoms with Crippen LogP contribution in [0.4, 0.5) is 0 Å². The summed E-state index contributed by atoms with van der Waals surface area (Å²) in [7, 11) is 0. The van der Waals surface area contributed by atoms with Crippen LogP contribution in [0.3, 0.4) is 0 Å². The van der Waals surface area contributed by atoms with Gasteiger partial charge in [-0.1, -0.05) is 22.0 Å². The van der Waals surface area contributed by atoms with Crippen molar-refractivity contribution in [2.45, 2.75) is 25.7 Å². The van der Waals surface area contributed by atoms with Gasteiger partial charge in [0, 0.05) is 22.9 Å². The van der Waals surface area contributed by atoms with E-state index in [1.165, 1.54) is 11.1 Å². The molecule has 1 fully saturated rings. The number of nitrogens with one attached hydrogen (secondary N) is 1. The topological polar surface area (TPSA) is 29.1 Å². The van der Waals surface area contributed by atoms with E-state index >= 15 is 0 Å². The summed E-state index contributed by atoms with van der Waals surface area (Å²) in [5.74, 6) is 0.223. The summed E-state index contributed by atoms with van der Waals surface area (Å²) < 4.78 is 1.16. The van der Waals surface area contributed by atoms with Gasteiger partial charge in [-0.2, -0.15) is 0 Å². The quantitative estimate of drug-likeness (QED) is 0.777. The molecule has 2 nitrogen and oxygen atoms in total. The Morgan fingerprint density at radius 2 is 2.12 bits per heavy atom. The molecule has 1 spiro atoms. The van der Waals surface area contributed by atoms with Gasteiger partial charge >= 0.3 is 0 Å². The van der Waals surface area contributed by atoms with Crippen LogP contribution in [0.5, 0.6) is 0 Å². The zero-order valence-electron chi connectivity index (χ0n) is 9.05. The average Bonchev–Trinajstić information content (AvgIpc) is 2.61. The average molecular weight is 280 g/mol. The molecule has 3 rings (SSSR count). The molecule has 0 radical (unpaired) electrons. The molecule has 1 amide bonds. The predicted molar refractivity (Wildman–Crippen MR) is 66.2 cm³/mol. The van der Waals surface area contributed by atoms with Crippen molar-refractivity contribution in [3.05, 3.63) is 33.8 Å². The molecule has 3 heteroatoms. The number of halogens is 1. The summed E-state index contributed by atoms with van der Waals surface area (Å²) in [5, 5.41) is 2.97. The minimum absolute atomic E-state index is 0.206. The molecule has 84 valence electrons. The molecule has 1 saturated heterocycles. The molecule has 1 aliphatic heterocycles. The first-order valence-electron chi connectivity index (χ1n) is 5.71. The highest BCUT2D eigenvalue weighted by Gasteiger charge is 2.40. The van der Waals surface area contributed by atoms with Gasteiger partial charge in [-0.15, -0.1) is 0 Å². The van der Waals surface area contributed by atoms with Gasteiger partial charge in [0.05, 0.1) is 0 Å². The van der Waals surface area contributed by atoms with E-state index in [0.29, 0.717) is 6.42 Å². The fraction of sp³-hybridized carbons (Fsp3) is 0.462. The summed E-state index contributed by atoms with van der Waals surface area (Å²) in [4.78, 5) is 11.4. The fourth-order valence-electron chi connectivity index (χ4n) is 2.95. The van der Waals surface area contributed by atoms with Crippen LogP contribution in [0.2, 0.25) is 0 Å². The zero-order valence-corrected chi connectivity index (χ0v) is 10.6. The molecule has 1 aromatic carbocycles. The standard InChI is InChI=1S/C13H14BrNO/c14-11-2-1-10-6-13(4-3-9(10)5-11)7-12(16)15-8-13/h1-2,5H,3-4,6-8H2,(H,15,16). The lowest BCUT2D eigenvalue weighted by atomic mass is 9.71. The molecule has 2 aliphatic rings. The number of hydrogen-bond acceptors (Lipinski definition) is 1. The molecule has 1 aromatic rings. The Labute approximate surface area is 104 Å². The maximum absolute atomic E-state index is 11.4. The van der Waals surface area contributed by atoms with Crippen LogP contribution < -0.4 is 5.32 Å². The third-order valence-corrected chi connectivity index (χ3v) is 4.35. The SMILES string of the molecule is O=C1CC2(CCc3cc(Br)ccc3C2)CN1. The van der Waals surface area contributed by atoms with E-state index < -0.39 is 0 Å². The van der Waals surface area contributed by atoms with Gasteiger partial charge in [0.25, 0.3) is 0 Å². The van der Waals surface area contributed by atoms with E-state index in [1.54, 1.807) is 0 Å². The van der Waals surface area contributed by atoms with E-state index in [2.05, 4.69) is 39.4 Å². The van der Waals surface area contributed by atoms with Crippen molar-refractivity contribution in [1.29, 1.82) is 0 Å². The Morgan fingerprint density at radius 1 is 1.25 bits per heavy atom. The third-order valence-electron chi connectivity index (χ3n) is 3.85. The molecular weight excluding hydrogens is 266 g/mol. The number of carbonyl (C=O) groups is 1. The lowest BCUT2D eigenvalue weighted by Crippen LogP contribution is -2.31. The summed E-state index contributed by atoms with van der Waals surface area (Å²) in [6, 6.07) is 6.51. The van der Waals surface area contributed by atoms with Crippen LogP contribution in [0, 0.1) is 5.41 Å². The van der Waals surface area contributed by atoms with Crippen molar-refractivity contribution in [1.82, 2.24) is 5.32 Å². The van der Waals surface area contributed by atoms with Crippen molar-refractivity contribution in [2.75, 3.05) is 6.54 Å². The smallest absolute Gasteiger partial charge is 0.220 e. The Balaban J connectivity index is 1.92. The number of aryl methyl sites for hydroxylation is 1. The second kappa shape index (κ2) is 3.59. The van der Waals surface area contributed by atoms with Gasteiger partial charge in [-0.3, -0.25) is 4.79 Å². The zero-order chi connectivity index (χ0) is 11.2. The molecule has 1 unspecified atom stereocenters. The van der Waals surface area contributed by atoms with Crippen LogP contribution >= 0.6 is 15.9 Å². The van der Waals surface area contributed by atoms with Crippen molar-refractivity contribution in [3.8, 4) is 0 Å². The van der Waals surface area contributed by atoms with Gasteiger partial charge in [0.2, 0.25) is 5.91 Å². The van der Waals surface area contributed by atoms with Crippen molar-refractivity contribution in [2.24, 2.45) is 5.41 Å². The second-order valence-electron chi connectivity index (χ2n) is 5.04. The largest absolute Gasteiger partial charge is 0.356 e. The van der Waals surface area contributed by atoms with Gasteiger partial charge in [-0.25, -0.2) is 0 Å². The van der Waals surface area contributed by atoms with E-state index in [4.69, 9.17) is 0 Å². The highest BCUT2D eigenvalue weighted by atomic mass is 79.9. The molecule has 1 heterocycles. The number of rotatable bonds is 0. The van der Waals surface area contributed by atoms with Crippen LogP contribution in [0.15, 0.2) is 22.7 Å². The lowest BCUT2D eigenvalue weighted by Gasteiger charge is -2.33. The predicted octanol–water partition coefficient (Wildman–Crippen LogP) is 2.44. The van der Waals surface area contributed by atoms with E-state index in [-0.39, 0.29) is 11.3 Å². The van der Waals surface area contributed by atoms with Gasteiger partial charge in [-0.05, 0) is 42.5 Å². The molecule has 1 atom stereocenters. The highest BCUT2D eigenvalue weighted by Crippen LogP contribution is 2.40. The summed E-state index contributed by atoms with van der Waals surface area (Å²) in [6.45, 7) is 0.862. The minimum Gasteiger partial charge on any atom is -0.356 e. The molecule has 0 saturated carbocycles. The van der Waals surface area contributed by atoms with Gasteiger partial charge in [0.1, 0.15) is 0 Å². The summed E-state index contributed by atoms with van der Waals surface area (Å²) >= 11 is 3.51. The monoisotopic (exact) mass is 279 g/mol. The van der Waals surface area contributed by atoms with Crippen LogP contribution in [0.1, 0.15) is 24.0 Å². The molecule has 0 aromatic heterocycles. The highest BCUT2D eigenvalue weighted by molar-refractivity contribution is 9.10. The summed E-state index contributed by atoms with van der Waals surface area (Å²) in [5.41, 5.74) is 3.07. The second-order valence-corrected chi connectivity index (χ2v) is 5.96. The van der Waals surface area contributed by atoms with Gasteiger partial charge in [0.15, 0.2) is 0 Å². The Kier molecular flexibility index (Phi) is 2.32. The fourth-order valence-corrected chi connectivity index (χ4v) is 3.35. The maximum atomic E-state index is 11.4. The number of hydrogen-bond donors (Lipinski definition) is 1. The Bertz CT molecular complexity index is 457. The lowest BCUT2D eigenvalue weighted by molar-refractivity contribution is -0.119. The maximum Gasteiger partial charge on any atom is 0.220 e. The van der Waals surface area contributed by atoms with Crippen LogP contribution in [0.25, 0.3) is 0 Å². The molecular formula is C13H14BrNO. The summed E-state index contributed by atoms with van der Waals surface area (Å²) in [6.07, 6.45) is 4.00. The number of carbonyl (C=O) groups excluding carboxylic acids is 1. The molecule has 0 bridgehead atoms. The molecule has 1 aliphatic carbocycles. The van der Waals surface area contributed by atoms with Crippen molar-refractivity contribution < 1.29 is 4.79 Å². The van der Waals surface area contributed by atoms with Crippen molar-refractivity contribution >= 4 is 21.8 Å². The van der Waals surface area contributed by atoms with Crippen molar-refractivity contribution in [3.63, 3.8) is 0 Å². The minimum atomic E-state index is 0.206. The first-order chi connectivity index (χ1) is 7.67.